The highest BCUT2D eigenvalue weighted by Gasteiger charge is 2.37. The van der Waals surface area contributed by atoms with Crippen LogP contribution in [0.5, 0.6) is 5.75 Å². The zero-order valence-corrected chi connectivity index (χ0v) is 11.8. The molecule has 1 saturated heterocycles. The number of piperidine rings is 1. The molecular formula is C15H23FN2O. The largest absolute Gasteiger partial charge is 0.496 e. The molecule has 0 spiro atoms. The third kappa shape index (κ3) is 2.74. The molecule has 1 aliphatic rings. The monoisotopic (exact) mass is 266 g/mol. The molecule has 0 saturated carbocycles. The second-order valence-electron chi connectivity index (χ2n) is 5.26. The maximum absolute atomic E-state index is 13.6. The van der Waals surface area contributed by atoms with Gasteiger partial charge in [-0.05, 0) is 50.7 Å². The summed E-state index contributed by atoms with van der Waals surface area (Å²) in [4.78, 5) is 2.40. The lowest BCUT2D eigenvalue weighted by molar-refractivity contribution is 0.166. The molecule has 2 N–H and O–H groups in total. The molecule has 106 valence electrons. The fourth-order valence-corrected chi connectivity index (χ4v) is 2.98. The van der Waals surface area contributed by atoms with Gasteiger partial charge in [0.2, 0.25) is 0 Å². The summed E-state index contributed by atoms with van der Waals surface area (Å²) < 4.78 is 19.0. The lowest BCUT2D eigenvalue weighted by Gasteiger charge is -2.41. The summed E-state index contributed by atoms with van der Waals surface area (Å²) in [5.41, 5.74) is 6.80. The smallest absolute Gasteiger partial charge is 0.123 e. The zero-order chi connectivity index (χ0) is 13.9. The van der Waals surface area contributed by atoms with E-state index in [1.165, 1.54) is 6.07 Å². The standard InChI is InChI=1S/C15H23FN2O/c1-3-18-8-6-15(11-17,7-9-18)13-10-12(16)4-5-14(13)19-2/h4-5,10H,3,6-9,11,17H2,1-2H3. The first kappa shape index (κ1) is 14.3. The summed E-state index contributed by atoms with van der Waals surface area (Å²) in [6.45, 7) is 5.77. The lowest BCUT2D eigenvalue weighted by atomic mass is 9.72. The van der Waals surface area contributed by atoms with E-state index in [0.717, 1.165) is 43.8 Å². The van der Waals surface area contributed by atoms with Gasteiger partial charge >= 0.3 is 0 Å². The van der Waals surface area contributed by atoms with Crippen LogP contribution < -0.4 is 10.5 Å². The minimum absolute atomic E-state index is 0.154. The van der Waals surface area contributed by atoms with Crippen LogP contribution in [0.4, 0.5) is 4.39 Å². The molecule has 1 heterocycles. The van der Waals surface area contributed by atoms with E-state index in [4.69, 9.17) is 10.5 Å². The first-order valence-corrected chi connectivity index (χ1v) is 6.91. The van der Waals surface area contributed by atoms with Gasteiger partial charge in [0.25, 0.3) is 0 Å². The first-order valence-electron chi connectivity index (χ1n) is 6.91. The number of nitrogens with zero attached hydrogens (tertiary/aromatic N) is 1. The number of benzene rings is 1. The molecule has 1 fully saturated rings. The zero-order valence-electron chi connectivity index (χ0n) is 11.8. The molecule has 0 aromatic heterocycles. The molecule has 0 radical (unpaired) electrons. The molecule has 1 aromatic carbocycles. The summed E-state index contributed by atoms with van der Waals surface area (Å²) in [7, 11) is 1.63. The summed E-state index contributed by atoms with van der Waals surface area (Å²) in [5, 5.41) is 0. The van der Waals surface area contributed by atoms with Gasteiger partial charge in [-0.1, -0.05) is 6.92 Å². The maximum atomic E-state index is 13.6. The van der Waals surface area contributed by atoms with Crippen molar-refractivity contribution in [1.82, 2.24) is 4.90 Å². The van der Waals surface area contributed by atoms with Crippen LogP contribution in [0.2, 0.25) is 0 Å². The molecule has 0 atom stereocenters. The van der Waals surface area contributed by atoms with Crippen LogP contribution in [0, 0.1) is 5.82 Å². The lowest BCUT2D eigenvalue weighted by Crippen LogP contribution is -2.46. The molecule has 1 aliphatic heterocycles. The van der Waals surface area contributed by atoms with Gasteiger partial charge in [-0.15, -0.1) is 0 Å². The van der Waals surface area contributed by atoms with Crippen molar-refractivity contribution in [2.45, 2.75) is 25.2 Å². The van der Waals surface area contributed by atoms with Crippen LogP contribution >= 0.6 is 0 Å². The van der Waals surface area contributed by atoms with Crippen molar-refractivity contribution in [2.24, 2.45) is 5.73 Å². The topological polar surface area (TPSA) is 38.5 Å². The van der Waals surface area contributed by atoms with E-state index in [9.17, 15) is 4.39 Å². The SMILES string of the molecule is CCN1CCC(CN)(c2cc(F)ccc2OC)CC1. The summed E-state index contributed by atoms with van der Waals surface area (Å²) in [5.74, 6) is 0.526. The van der Waals surface area contributed by atoms with Gasteiger partial charge in [-0.25, -0.2) is 4.39 Å². The molecule has 0 amide bonds. The van der Waals surface area contributed by atoms with E-state index in [2.05, 4.69) is 11.8 Å². The number of rotatable bonds is 4. The van der Waals surface area contributed by atoms with Crippen molar-refractivity contribution >= 4 is 0 Å². The fraction of sp³-hybridized carbons (Fsp3) is 0.600. The molecule has 0 aliphatic carbocycles. The Balaban J connectivity index is 2.34. The van der Waals surface area contributed by atoms with Crippen LogP contribution in [-0.2, 0) is 5.41 Å². The summed E-state index contributed by atoms with van der Waals surface area (Å²) in [6, 6.07) is 4.73. The van der Waals surface area contributed by atoms with Gasteiger partial charge in [-0.2, -0.15) is 0 Å². The highest BCUT2D eigenvalue weighted by Crippen LogP contribution is 2.39. The molecule has 3 nitrogen and oxygen atoms in total. The Labute approximate surface area is 114 Å². The van der Waals surface area contributed by atoms with Crippen molar-refractivity contribution in [1.29, 1.82) is 0 Å². The number of hydrogen-bond acceptors (Lipinski definition) is 3. The highest BCUT2D eigenvalue weighted by atomic mass is 19.1. The van der Waals surface area contributed by atoms with Crippen LogP contribution in [0.3, 0.4) is 0 Å². The molecule has 0 unspecified atom stereocenters. The van der Waals surface area contributed by atoms with Gasteiger partial charge in [0.15, 0.2) is 0 Å². The number of hydrogen-bond donors (Lipinski definition) is 1. The predicted molar refractivity (Wildman–Crippen MR) is 75.0 cm³/mol. The van der Waals surface area contributed by atoms with E-state index in [1.807, 2.05) is 0 Å². The van der Waals surface area contributed by atoms with Gasteiger partial charge in [0.05, 0.1) is 7.11 Å². The van der Waals surface area contributed by atoms with Gasteiger partial charge in [-0.3, -0.25) is 0 Å². The Kier molecular flexibility index (Phi) is 4.42. The van der Waals surface area contributed by atoms with Crippen LogP contribution in [0.1, 0.15) is 25.3 Å². The van der Waals surface area contributed by atoms with Crippen molar-refractivity contribution in [3.05, 3.63) is 29.6 Å². The van der Waals surface area contributed by atoms with E-state index in [-0.39, 0.29) is 11.2 Å². The molecular weight excluding hydrogens is 243 g/mol. The summed E-state index contributed by atoms with van der Waals surface area (Å²) >= 11 is 0. The van der Waals surface area contributed by atoms with Crippen LogP contribution in [0.15, 0.2) is 18.2 Å². The predicted octanol–water partition coefficient (Wildman–Crippen LogP) is 2.15. The van der Waals surface area contributed by atoms with Crippen molar-refractivity contribution < 1.29 is 9.13 Å². The average Bonchev–Trinajstić information content (AvgIpc) is 2.47. The first-order chi connectivity index (χ1) is 9.15. The van der Waals surface area contributed by atoms with Crippen LogP contribution in [-0.4, -0.2) is 38.2 Å². The Bertz CT molecular complexity index is 428. The molecule has 2 rings (SSSR count). The van der Waals surface area contributed by atoms with E-state index in [1.54, 1.807) is 19.2 Å². The Morgan fingerprint density at radius 2 is 2.05 bits per heavy atom. The molecule has 19 heavy (non-hydrogen) atoms. The van der Waals surface area contributed by atoms with Crippen LogP contribution in [0.25, 0.3) is 0 Å². The van der Waals surface area contributed by atoms with Gasteiger partial charge < -0.3 is 15.4 Å². The number of ether oxygens (including phenoxy) is 1. The third-order valence-electron chi connectivity index (χ3n) is 4.38. The highest BCUT2D eigenvalue weighted by molar-refractivity contribution is 5.41. The van der Waals surface area contributed by atoms with Gasteiger partial charge in [0, 0.05) is 17.5 Å². The second kappa shape index (κ2) is 5.88. The van der Waals surface area contributed by atoms with Crippen molar-refractivity contribution in [3.8, 4) is 5.75 Å². The van der Waals surface area contributed by atoms with E-state index in [0.29, 0.717) is 6.54 Å². The average molecular weight is 266 g/mol. The van der Waals surface area contributed by atoms with Gasteiger partial charge in [0.1, 0.15) is 11.6 Å². The number of methoxy groups -OCH3 is 1. The normalized spacial score (nSPS) is 19.4. The third-order valence-corrected chi connectivity index (χ3v) is 4.38. The maximum Gasteiger partial charge on any atom is 0.123 e. The minimum atomic E-state index is -0.221. The van der Waals surface area contributed by atoms with E-state index >= 15 is 0 Å². The van der Waals surface area contributed by atoms with E-state index < -0.39 is 0 Å². The van der Waals surface area contributed by atoms with Crippen molar-refractivity contribution in [3.63, 3.8) is 0 Å². The summed E-state index contributed by atoms with van der Waals surface area (Å²) in [6.07, 6.45) is 1.91. The molecule has 0 bridgehead atoms. The number of nitrogens with two attached hydrogens (primary N) is 1. The quantitative estimate of drug-likeness (QED) is 0.907. The molecule has 1 aromatic rings. The number of halogens is 1. The Morgan fingerprint density at radius 1 is 1.37 bits per heavy atom. The fourth-order valence-electron chi connectivity index (χ4n) is 2.98. The number of likely N-dealkylation sites (tertiary alicyclic amines) is 1. The molecule has 4 heteroatoms. The minimum Gasteiger partial charge on any atom is -0.496 e. The van der Waals surface area contributed by atoms with Crippen molar-refractivity contribution in [2.75, 3.05) is 33.3 Å². The Morgan fingerprint density at radius 3 is 2.58 bits per heavy atom. The Hall–Kier alpha value is -1.13. The second-order valence-corrected chi connectivity index (χ2v) is 5.26.